The number of amides is 1. The minimum absolute atomic E-state index is 0.215. The molecule has 0 saturated carbocycles. The van der Waals surface area contributed by atoms with Gasteiger partial charge >= 0.3 is 5.97 Å². The van der Waals surface area contributed by atoms with Crippen molar-refractivity contribution in [2.45, 2.75) is 20.4 Å². The monoisotopic (exact) mass is 441 g/mol. The number of rotatable bonds is 5. The van der Waals surface area contributed by atoms with Gasteiger partial charge in [0.2, 0.25) is 0 Å². The number of hydrogen-bond donors (Lipinski definition) is 1. The van der Waals surface area contributed by atoms with Crippen LogP contribution in [0, 0.1) is 13.8 Å². The summed E-state index contributed by atoms with van der Waals surface area (Å²) < 4.78 is 7.35. The number of halogens is 1. The largest absolute Gasteiger partial charge is 0.465 e. The molecule has 0 radical (unpaired) electrons. The van der Waals surface area contributed by atoms with E-state index in [-0.39, 0.29) is 11.9 Å². The van der Waals surface area contributed by atoms with E-state index in [1.54, 1.807) is 22.9 Å². The number of methoxy groups -OCH3 is 1. The summed E-state index contributed by atoms with van der Waals surface area (Å²) in [6.45, 7) is 4.12. The molecule has 0 unspecified atom stereocenters. The third kappa shape index (κ3) is 3.99. The maximum Gasteiger partial charge on any atom is 0.338 e. The zero-order chi connectivity index (χ0) is 20.3. The molecule has 0 aliphatic rings. The van der Waals surface area contributed by atoms with Crippen molar-refractivity contribution in [2.75, 3.05) is 12.4 Å². The van der Waals surface area contributed by atoms with Crippen molar-refractivity contribution in [3.63, 3.8) is 0 Å². The lowest BCUT2D eigenvalue weighted by Crippen LogP contribution is -2.14. The molecule has 0 spiro atoms. The molecule has 0 atom stereocenters. The Labute approximate surface area is 171 Å². The fraction of sp³-hybridized carbons (Fsp3) is 0.190. The van der Waals surface area contributed by atoms with E-state index >= 15 is 0 Å². The molecule has 1 N–H and O–H groups in total. The van der Waals surface area contributed by atoms with Crippen molar-refractivity contribution in [3.05, 3.63) is 81.1 Å². The van der Waals surface area contributed by atoms with Crippen molar-refractivity contribution in [2.24, 2.45) is 0 Å². The number of nitrogens with one attached hydrogen (secondary N) is 1. The molecule has 1 aromatic heterocycles. The summed E-state index contributed by atoms with van der Waals surface area (Å²) in [6.07, 6.45) is 0. The normalized spacial score (nSPS) is 10.6. The van der Waals surface area contributed by atoms with Crippen LogP contribution in [0.5, 0.6) is 0 Å². The van der Waals surface area contributed by atoms with Crippen molar-refractivity contribution < 1.29 is 14.3 Å². The van der Waals surface area contributed by atoms with Crippen LogP contribution in [0.2, 0.25) is 0 Å². The Bertz CT molecular complexity index is 1040. The molecule has 3 rings (SSSR count). The highest BCUT2D eigenvalue weighted by molar-refractivity contribution is 9.10. The van der Waals surface area contributed by atoms with E-state index in [1.807, 2.05) is 44.2 Å². The Hall–Kier alpha value is -2.93. The number of benzene rings is 2. The summed E-state index contributed by atoms with van der Waals surface area (Å²) in [5, 5.41) is 7.49. The van der Waals surface area contributed by atoms with Crippen LogP contribution in [-0.2, 0) is 11.3 Å². The molecule has 0 aliphatic heterocycles. The minimum atomic E-state index is -0.389. The highest BCUT2D eigenvalue weighted by atomic mass is 79.9. The van der Waals surface area contributed by atoms with Crippen LogP contribution >= 0.6 is 15.9 Å². The van der Waals surface area contributed by atoms with Gasteiger partial charge in [0.25, 0.3) is 5.91 Å². The van der Waals surface area contributed by atoms with Gasteiger partial charge in [-0.1, -0.05) is 30.3 Å². The van der Waals surface area contributed by atoms with Crippen molar-refractivity contribution >= 4 is 33.5 Å². The number of carbonyl (C=O) groups excluding carboxylic acids is 2. The molecule has 0 fully saturated rings. The van der Waals surface area contributed by atoms with Gasteiger partial charge in [-0.3, -0.25) is 9.48 Å². The van der Waals surface area contributed by atoms with Crippen molar-refractivity contribution in [1.29, 1.82) is 0 Å². The number of nitrogens with zero attached hydrogens (tertiary/aromatic N) is 2. The molecule has 144 valence electrons. The van der Waals surface area contributed by atoms with Gasteiger partial charge < -0.3 is 10.1 Å². The lowest BCUT2D eigenvalue weighted by molar-refractivity contribution is 0.0599. The van der Waals surface area contributed by atoms with Crippen LogP contribution in [0.1, 0.15) is 37.7 Å². The number of ether oxygens (including phenoxy) is 1. The Kier molecular flexibility index (Phi) is 5.94. The number of esters is 1. The standard InChI is InChI=1S/C21H20BrN3O3/c1-13-19(23-20(26)17-10-6-7-11-18(17)22)14(2)25(24-13)12-15-8-4-5-9-16(15)21(27)28-3/h4-11H,12H2,1-3H3,(H,23,26). The molecule has 7 heteroatoms. The predicted octanol–water partition coefficient (Wildman–Crippen LogP) is 4.35. The third-order valence-corrected chi connectivity index (χ3v) is 5.17. The van der Waals surface area contributed by atoms with Crippen LogP contribution in [-0.4, -0.2) is 28.8 Å². The Morgan fingerprint density at radius 3 is 2.39 bits per heavy atom. The average molecular weight is 442 g/mol. The van der Waals surface area contributed by atoms with Crippen LogP contribution in [0.4, 0.5) is 5.69 Å². The van der Waals surface area contributed by atoms with Gasteiger partial charge in [-0.25, -0.2) is 4.79 Å². The van der Waals surface area contributed by atoms with Crippen LogP contribution in [0.15, 0.2) is 53.0 Å². The average Bonchev–Trinajstić information content (AvgIpc) is 2.95. The fourth-order valence-electron chi connectivity index (χ4n) is 2.99. The third-order valence-electron chi connectivity index (χ3n) is 4.48. The summed E-state index contributed by atoms with van der Waals surface area (Å²) in [5.74, 6) is -0.604. The summed E-state index contributed by atoms with van der Waals surface area (Å²) >= 11 is 3.40. The molecular formula is C21H20BrN3O3. The molecular weight excluding hydrogens is 422 g/mol. The molecule has 1 heterocycles. The van der Waals surface area contributed by atoms with Crippen LogP contribution in [0.25, 0.3) is 0 Å². The first kappa shape index (κ1) is 19.8. The van der Waals surface area contributed by atoms with E-state index in [1.165, 1.54) is 7.11 Å². The van der Waals surface area contributed by atoms with Gasteiger partial charge in [-0.2, -0.15) is 5.10 Å². The fourth-order valence-corrected chi connectivity index (χ4v) is 3.45. The van der Waals surface area contributed by atoms with E-state index in [4.69, 9.17) is 4.74 Å². The smallest absolute Gasteiger partial charge is 0.338 e. The molecule has 0 saturated heterocycles. The van der Waals surface area contributed by atoms with Gasteiger partial charge in [0.15, 0.2) is 0 Å². The van der Waals surface area contributed by atoms with E-state index in [0.29, 0.717) is 29.1 Å². The second kappa shape index (κ2) is 8.39. The summed E-state index contributed by atoms with van der Waals surface area (Å²) in [5.41, 5.74) is 4.01. The van der Waals surface area contributed by atoms with Crippen molar-refractivity contribution in [1.82, 2.24) is 9.78 Å². The summed E-state index contributed by atoms with van der Waals surface area (Å²) in [6, 6.07) is 14.5. The van der Waals surface area contributed by atoms with Gasteiger partial charge in [0, 0.05) is 4.47 Å². The number of anilines is 1. The number of hydrogen-bond acceptors (Lipinski definition) is 4. The Balaban J connectivity index is 1.88. The summed E-state index contributed by atoms with van der Waals surface area (Å²) in [4.78, 5) is 24.7. The van der Waals surface area contributed by atoms with Gasteiger partial charge in [-0.05, 0) is 53.5 Å². The number of aromatic nitrogens is 2. The summed E-state index contributed by atoms with van der Waals surface area (Å²) in [7, 11) is 1.36. The van der Waals surface area contributed by atoms with Crippen LogP contribution in [0.3, 0.4) is 0 Å². The number of aryl methyl sites for hydroxylation is 1. The first-order valence-electron chi connectivity index (χ1n) is 8.68. The lowest BCUT2D eigenvalue weighted by atomic mass is 10.1. The van der Waals surface area contributed by atoms with Gasteiger partial charge in [-0.15, -0.1) is 0 Å². The predicted molar refractivity (Wildman–Crippen MR) is 111 cm³/mol. The van der Waals surface area contributed by atoms with Crippen molar-refractivity contribution in [3.8, 4) is 0 Å². The zero-order valence-electron chi connectivity index (χ0n) is 15.8. The SMILES string of the molecule is COC(=O)c1ccccc1Cn1nc(C)c(NC(=O)c2ccccc2Br)c1C. The van der Waals surface area contributed by atoms with Gasteiger partial charge in [0.1, 0.15) is 0 Å². The second-order valence-corrected chi connectivity index (χ2v) is 7.14. The minimum Gasteiger partial charge on any atom is -0.465 e. The molecule has 28 heavy (non-hydrogen) atoms. The van der Waals surface area contributed by atoms with Crippen LogP contribution < -0.4 is 5.32 Å². The Morgan fingerprint density at radius 1 is 1.07 bits per heavy atom. The molecule has 6 nitrogen and oxygen atoms in total. The Morgan fingerprint density at radius 2 is 1.71 bits per heavy atom. The maximum absolute atomic E-state index is 12.6. The highest BCUT2D eigenvalue weighted by Crippen LogP contribution is 2.24. The maximum atomic E-state index is 12.6. The topological polar surface area (TPSA) is 73.2 Å². The van der Waals surface area contributed by atoms with Gasteiger partial charge in [0.05, 0.1) is 41.9 Å². The van der Waals surface area contributed by atoms with E-state index < -0.39 is 0 Å². The quantitative estimate of drug-likeness (QED) is 0.597. The molecule has 3 aromatic rings. The van der Waals surface area contributed by atoms with E-state index in [0.717, 1.165) is 15.7 Å². The van der Waals surface area contributed by atoms with E-state index in [2.05, 4.69) is 26.3 Å². The lowest BCUT2D eigenvalue weighted by Gasteiger charge is -2.10. The first-order chi connectivity index (χ1) is 13.4. The molecule has 0 aliphatic carbocycles. The molecule has 0 bridgehead atoms. The zero-order valence-corrected chi connectivity index (χ0v) is 17.4. The second-order valence-electron chi connectivity index (χ2n) is 6.29. The first-order valence-corrected chi connectivity index (χ1v) is 9.47. The molecule has 1 amide bonds. The van der Waals surface area contributed by atoms with E-state index in [9.17, 15) is 9.59 Å². The molecule has 2 aromatic carbocycles. The number of carbonyl (C=O) groups is 2. The highest BCUT2D eigenvalue weighted by Gasteiger charge is 2.18.